The summed E-state index contributed by atoms with van der Waals surface area (Å²) in [4.78, 5) is 6.76. The van der Waals surface area contributed by atoms with Crippen LogP contribution in [0.1, 0.15) is 45.1 Å². The van der Waals surface area contributed by atoms with Crippen molar-refractivity contribution in [2.45, 2.75) is 46.1 Å². The normalized spacial score (nSPS) is 10.7. The highest BCUT2D eigenvalue weighted by molar-refractivity contribution is 6.33. The van der Waals surface area contributed by atoms with E-state index < -0.39 is 0 Å². The lowest BCUT2D eigenvalue weighted by atomic mass is 10.2. The number of rotatable bonds is 8. The summed E-state index contributed by atoms with van der Waals surface area (Å²) in [7, 11) is 0. The molecule has 0 aliphatic heterocycles. The first-order chi connectivity index (χ1) is 8.72. The molecule has 4 heteroatoms. The molecule has 0 saturated carbocycles. The van der Waals surface area contributed by atoms with Crippen LogP contribution in [-0.4, -0.2) is 18.1 Å². The summed E-state index contributed by atoms with van der Waals surface area (Å²) >= 11 is 6.30. The number of hydrogen-bond donors (Lipinski definition) is 1. The number of hydrogen-bond acceptors (Lipinski definition) is 3. The van der Waals surface area contributed by atoms with E-state index in [0.29, 0.717) is 11.6 Å². The minimum absolute atomic E-state index is 0.483. The fourth-order valence-corrected chi connectivity index (χ4v) is 2.14. The van der Waals surface area contributed by atoms with Gasteiger partial charge in [0.05, 0.1) is 5.02 Å². The van der Waals surface area contributed by atoms with E-state index in [1.54, 1.807) is 0 Å². The first-order valence-corrected chi connectivity index (χ1v) is 7.20. The summed E-state index contributed by atoms with van der Waals surface area (Å²) in [5.41, 5.74) is 6.57. The minimum atomic E-state index is 0.483. The Balaban J connectivity index is 2.82. The molecule has 0 spiro atoms. The largest absolute Gasteiger partial charge is 0.355 e. The van der Waals surface area contributed by atoms with Crippen LogP contribution in [0, 0.1) is 0 Å². The van der Waals surface area contributed by atoms with Gasteiger partial charge in [-0.05, 0) is 24.5 Å². The molecule has 0 atom stereocenters. The summed E-state index contributed by atoms with van der Waals surface area (Å²) in [6, 6.07) is 1.93. The number of halogens is 1. The molecule has 1 aromatic heterocycles. The number of unbranched alkanes of at least 4 members (excludes halogenated alkanes) is 2. The zero-order chi connectivity index (χ0) is 13.4. The Bertz CT molecular complexity index is 347. The van der Waals surface area contributed by atoms with E-state index in [1.807, 2.05) is 12.3 Å². The molecule has 0 aliphatic rings. The quantitative estimate of drug-likeness (QED) is 0.784. The zero-order valence-corrected chi connectivity index (χ0v) is 12.2. The Kier molecular flexibility index (Phi) is 7.06. The zero-order valence-electron chi connectivity index (χ0n) is 11.5. The molecule has 0 saturated heterocycles. The highest BCUT2D eigenvalue weighted by Crippen LogP contribution is 2.24. The molecule has 1 aromatic rings. The monoisotopic (exact) mass is 269 g/mol. The first-order valence-electron chi connectivity index (χ1n) is 6.82. The van der Waals surface area contributed by atoms with Gasteiger partial charge in [0.2, 0.25) is 0 Å². The van der Waals surface area contributed by atoms with Crippen LogP contribution >= 0.6 is 11.6 Å². The SMILES string of the molecule is CCCCN(CCCC)c1ncc(CN)cc1Cl. The summed E-state index contributed by atoms with van der Waals surface area (Å²) in [5, 5.41) is 0.713. The number of aromatic nitrogens is 1. The van der Waals surface area contributed by atoms with Gasteiger partial charge in [-0.15, -0.1) is 0 Å². The summed E-state index contributed by atoms with van der Waals surface area (Å²) in [6.07, 6.45) is 6.52. The molecule has 1 heterocycles. The van der Waals surface area contributed by atoms with Crippen LogP contribution in [0.4, 0.5) is 5.82 Å². The van der Waals surface area contributed by atoms with Crippen molar-refractivity contribution in [2.24, 2.45) is 5.73 Å². The summed E-state index contributed by atoms with van der Waals surface area (Å²) in [5.74, 6) is 0.899. The van der Waals surface area contributed by atoms with E-state index in [0.717, 1.165) is 24.5 Å². The van der Waals surface area contributed by atoms with Gasteiger partial charge in [0, 0.05) is 25.8 Å². The highest BCUT2D eigenvalue weighted by atomic mass is 35.5. The Morgan fingerprint density at radius 3 is 2.28 bits per heavy atom. The third kappa shape index (κ3) is 4.46. The Morgan fingerprint density at radius 2 is 1.83 bits per heavy atom. The van der Waals surface area contributed by atoms with Crippen molar-refractivity contribution in [2.75, 3.05) is 18.0 Å². The molecule has 18 heavy (non-hydrogen) atoms. The van der Waals surface area contributed by atoms with Gasteiger partial charge in [0.15, 0.2) is 0 Å². The van der Waals surface area contributed by atoms with Gasteiger partial charge in [0.1, 0.15) is 5.82 Å². The molecule has 2 N–H and O–H groups in total. The van der Waals surface area contributed by atoms with Gasteiger partial charge in [-0.25, -0.2) is 4.98 Å². The number of anilines is 1. The van der Waals surface area contributed by atoms with Crippen molar-refractivity contribution in [3.63, 3.8) is 0 Å². The van der Waals surface area contributed by atoms with Crippen LogP contribution in [0.5, 0.6) is 0 Å². The fourth-order valence-electron chi connectivity index (χ4n) is 1.84. The average molecular weight is 270 g/mol. The van der Waals surface area contributed by atoms with E-state index in [-0.39, 0.29) is 0 Å². The van der Waals surface area contributed by atoms with Crippen molar-refractivity contribution < 1.29 is 0 Å². The molecule has 0 radical (unpaired) electrons. The standard InChI is InChI=1S/C14H24ClN3/c1-3-5-7-18(8-6-4-2)14-13(15)9-12(10-16)11-17-14/h9,11H,3-8,10,16H2,1-2H3. The van der Waals surface area contributed by atoms with Gasteiger partial charge in [0.25, 0.3) is 0 Å². The summed E-state index contributed by atoms with van der Waals surface area (Å²) < 4.78 is 0. The van der Waals surface area contributed by atoms with E-state index >= 15 is 0 Å². The second-order valence-corrected chi connectivity index (χ2v) is 4.95. The predicted octanol–water partition coefficient (Wildman–Crippen LogP) is 3.60. The van der Waals surface area contributed by atoms with Gasteiger partial charge in [-0.3, -0.25) is 0 Å². The minimum Gasteiger partial charge on any atom is -0.355 e. The van der Waals surface area contributed by atoms with Crippen LogP contribution < -0.4 is 10.6 Å². The van der Waals surface area contributed by atoms with Crippen LogP contribution in [0.3, 0.4) is 0 Å². The molecule has 0 aliphatic carbocycles. The second-order valence-electron chi connectivity index (χ2n) is 4.55. The van der Waals surface area contributed by atoms with Crippen molar-refractivity contribution in [1.82, 2.24) is 4.98 Å². The Morgan fingerprint density at radius 1 is 1.22 bits per heavy atom. The summed E-state index contributed by atoms with van der Waals surface area (Å²) in [6.45, 7) is 6.92. The number of nitrogens with zero attached hydrogens (tertiary/aromatic N) is 2. The molecular weight excluding hydrogens is 246 g/mol. The van der Waals surface area contributed by atoms with Gasteiger partial charge in [-0.1, -0.05) is 38.3 Å². The maximum absolute atomic E-state index is 6.30. The number of pyridine rings is 1. The third-order valence-electron chi connectivity index (χ3n) is 2.98. The lowest BCUT2D eigenvalue weighted by molar-refractivity contribution is 0.671. The van der Waals surface area contributed by atoms with Crippen molar-refractivity contribution >= 4 is 17.4 Å². The lowest BCUT2D eigenvalue weighted by Gasteiger charge is -2.24. The third-order valence-corrected chi connectivity index (χ3v) is 3.25. The molecular formula is C14H24ClN3. The molecule has 0 fully saturated rings. The van der Waals surface area contributed by atoms with Crippen molar-refractivity contribution in [1.29, 1.82) is 0 Å². The average Bonchev–Trinajstić information content (AvgIpc) is 2.39. The van der Waals surface area contributed by atoms with Crippen molar-refractivity contribution in [3.05, 3.63) is 22.8 Å². The second kappa shape index (κ2) is 8.33. The number of nitrogens with two attached hydrogens (primary N) is 1. The van der Waals surface area contributed by atoms with Crippen LogP contribution in [0.25, 0.3) is 0 Å². The van der Waals surface area contributed by atoms with Crippen molar-refractivity contribution in [3.8, 4) is 0 Å². The smallest absolute Gasteiger partial charge is 0.147 e. The van der Waals surface area contributed by atoms with E-state index in [1.165, 1.54) is 25.7 Å². The maximum atomic E-state index is 6.30. The Hall–Kier alpha value is -0.800. The molecule has 3 nitrogen and oxygen atoms in total. The topological polar surface area (TPSA) is 42.2 Å². The molecule has 0 unspecified atom stereocenters. The van der Waals surface area contributed by atoms with E-state index in [4.69, 9.17) is 17.3 Å². The first kappa shape index (κ1) is 15.3. The van der Waals surface area contributed by atoms with Crippen LogP contribution in [0.2, 0.25) is 5.02 Å². The highest BCUT2D eigenvalue weighted by Gasteiger charge is 2.11. The lowest BCUT2D eigenvalue weighted by Crippen LogP contribution is -2.27. The Labute approximate surface area is 115 Å². The van der Waals surface area contributed by atoms with E-state index in [2.05, 4.69) is 23.7 Å². The van der Waals surface area contributed by atoms with Gasteiger partial charge >= 0.3 is 0 Å². The molecule has 102 valence electrons. The van der Waals surface area contributed by atoms with Gasteiger partial charge < -0.3 is 10.6 Å². The molecule has 0 amide bonds. The molecule has 0 aromatic carbocycles. The van der Waals surface area contributed by atoms with Crippen LogP contribution in [0.15, 0.2) is 12.3 Å². The molecule has 1 rings (SSSR count). The van der Waals surface area contributed by atoms with Crippen LogP contribution in [-0.2, 0) is 6.54 Å². The predicted molar refractivity (Wildman–Crippen MR) is 79.2 cm³/mol. The van der Waals surface area contributed by atoms with E-state index in [9.17, 15) is 0 Å². The molecule has 0 bridgehead atoms. The fraction of sp³-hybridized carbons (Fsp3) is 0.643. The van der Waals surface area contributed by atoms with Gasteiger partial charge in [-0.2, -0.15) is 0 Å². The maximum Gasteiger partial charge on any atom is 0.147 e.